The zero-order valence-electron chi connectivity index (χ0n) is 13.7. The van der Waals surface area contributed by atoms with Crippen LogP contribution in [-0.4, -0.2) is 44.5 Å². The highest BCUT2D eigenvalue weighted by molar-refractivity contribution is 7.94. The van der Waals surface area contributed by atoms with Crippen LogP contribution >= 0.6 is 0 Å². The van der Waals surface area contributed by atoms with Crippen molar-refractivity contribution in [3.8, 4) is 0 Å². The Bertz CT molecular complexity index is 504. The molecule has 8 heteroatoms. The minimum Gasteiger partial charge on any atom is -0.466 e. The van der Waals surface area contributed by atoms with Crippen LogP contribution in [0, 0.1) is 0 Å². The third kappa shape index (κ3) is 10.2. The van der Waals surface area contributed by atoms with Crippen molar-refractivity contribution < 1.29 is 27.5 Å². The molecule has 7 nitrogen and oxygen atoms in total. The van der Waals surface area contributed by atoms with E-state index < -0.39 is 33.5 Å². The van der Waals surface area contributed by atoms with Crippen molar-refractivity contribution in [3.05, 3.63) is 11.5 Å². The lowest BCUT2D eigenvalue weighted by molar-refractivity contribution is -0.143. The minimum absolute atomic E-state index is 0.0674. The first kappa shape index (κ1) is 20.4. The standard InChI is InChI=1S/C14H25NO6S/c1-6-20-12(16)10-11(8-9-22(18,19)7-2)15-13(17)21-14(3,4)5/h8-9,11H,6-7,10H2,1-5H3,(H,15,17)/t11-/m1/s1. The molecule has 0 saturated heterocycles. The van der Waals surface area contributed by atoms with Gasteiger partial charge in [0, 0.05) is 5.41 Å². The Morgan fingerprint density at radius 2 is 1.82 bits per heavy atom. The van der Waals surface area contributed by atoms with Gasteiger partial charge >= 0.3 is 12.1 Å². The minimum atomic E-state index is -3.36. The Labute approximate surface area is 132 Å². The molecule has 0 unspecified atom stereocenters. The van der Waals surface area contributed by atoms with Gasteiger partial charge in [0.2, 0.25) is 0 Å². The summed E-state index contributed by atoms with van der Waals surface area (Å²) in [5.41, 5.74) is -0.697. The molecule has 0 spiro atoms. The first-order valence-electron chi connectivity index (χ1n) is 7.05. The molecule has 0 aromatic rings. The van der Waals surface area contributed by atoms with Crippen LogP contribution in [0.5, 0.6) is 0 Å². The molecule has 0 heterocycles. The van der Waals surface area contributed by atoms with E-state index in [1.165, 1.54) is 13.0 Å². The van der Waals surface area contributed by atoms with Gasteiger partial charge in [-0.3, -0.25) is 4.79 Å². The third-order valence-electron chi connectivity index (χ3n) is 2.31. The van der Waals surface area contributed by atoms with Crippen molar-refractivity contribution in [1.82, 2.24) is 5.32 Å². The van der Waals surface area contributed by atoms with Crippen LogP contribution in [0.15, 0.2) is 11.5 Å². The summed E-state index contributed by atoms with van der Waals surface area (Å²) in [4.78, 5) is 23.3. The third-order valence-corrected chi connectivity index (χ3v) is 3.69. The van der Waals surface area contributed by atoms with Gasteiger partial charge in [-0.25, -0.2) is 13.2 Å². The van der Waals surface area contributed by atoms with Crippen molar-refractivity contribution in [2.75, 3.05) is 12.4 Å². The highest BCUT2D eigenvalue weighted by atomic mass is 32.2. The van der Waals surface area contributed by atoms with Gasteiger partial charge in [0.1, 0.15) is 5.60 Å². The summed E-state index contributed by atoms with van der Waals surface area (Å²) >= 11 is 0. The van der Waals surface area contributed by atoms with E-state index >= 15 is 0 Å². The van der Waals surface area contributed by atoms with Crippen LogP contribution in [0.1, 0.15) is 41.0 Å². The summed E-state index contributed by atoms with van der Waals surface area (Å²) in [6.45, 7) is 8.46. The number of amides is 1. The maximum absolute atomic E-state index is 11.7. The Morgan fingerprint density at radius 3 is 2.27 bits per heavy atom. The van der Waals surface area contributed by atoms with E-state index in [4.69, 9.17) is 9.47 Å². The molecule has 0 saturated carbocycles. The van der Waals surface area contributed by atoms with Crippen LogP contribution in [0.4, 0.5) is 4.79 Å². The first-order chi connectivity index (χ1) is 9.99. The number of nitrogens with one attached hydrogen (secondary N) is 1. The molecule has 22 heavy (non-hydrogen) atoms. The van der Waals surface area contributed by atoms with Crippen molar-refractivity contribution >= 4 is 21.9 Å². The quantitative estimate of drug-likeness (QED) is 0.712. The number of esters is 1. The largest absolute Gasteiger partial charge is 0.466 e. The lowest BCUT2D eigenvalue weighted by Gasteiger charge is -2.22. The maximum Gasteiger partial charge on any atom is 0.408 e. The molecule has 0 aliphatic heterocycles. The smallest absolute Gasteiger partial charge is 0.408 e. The molecular weight excluding hydrogens is 310 g/mol. The van der Waals surface area contributed by atoms with E-state index in [2.05, 4.69) is 5.32 Å². The molecular formula is C14H25NO6S. The van der Waals surface area contributed by atoms with Gasteiger partial charge in [-0.1, -0.05) is 13.0 Å². The van der Waals surface area contributed by atoms with E-state index in [1.54, 1.807) is 27.7 Å². The number of hydrogen-bond donors (Lipinski definition) is 1. The van der Waals surface area contributed by atoms with Gasteiger partial charge in [-0.2, -0.15) is 0 Å². The number of rotatable bonds is 7. The Morgan fingerprint density at radius 1 is 1.23 bits per heavy atom. The number of carbonyl (C=O) groups is 2. The van der Waals surface area contributed by atoms with E-state index in [-0.39, 0.29) is 18.8 Å². The van der Waals surface area contributed by atoms with Gasteiger partial charge in [-0.05, 0) is 27.7 Å². The second-order valence-electron chi connectivity index (χ2n) is 5.54. The fourth-order valence-electron chi connectivity index (χ4n) is 1.34. The Kier molecular flexibility index (Phi) is 8.15. The SMILES string of the molecule is CCOC(=O)C[C@@H](C=CS(=O)(=O)CC)NC(=O)OC(C)(C)C. The molecule has 0 bridgehead atoms. The van der Waals surface area contributed by atoms with Crippen molar-refractivity contribution in [2.24, 2.45) is 0 Å². The van der Waals surface area contributed by atoms with Crippen LogP contribution in [0.25, 0.3) is 0 Å². The Hall–Kier alpha value is -1.57. The Balaban J connectivity index is 4.94. The molecule has 0 aliphatic carbocycles. The predicted octanol–water partition coefficient (Wildman–Crippen LogP) is 1.78. The van der Waals surface area contributed by atoms with E-state index in [0.717, 1.165) is 5.41 Å². The summed E-state index contributed by atoms with van der Waals surface area (Å²) in [6.07, 6.45) is 0.336. The van der Waals surface area contributed by atoms with Crippen LogP contribution in [-0.2, 0) is 24.1 Å². The number of hydrogen-bond acceptors (Lipinski definition) is 6. The molecule has 1 atom stereocenters. The summed E-state index contributed by atoms with van der Waals surface area (Å²) < 4.78 is 32.8. The van der Waals surface area contributed by atoms with E-state index in [0.29, 0.717) is 0 Å². The number of carbonyl (C=O) groups excluding carboxylic acids is 2. The lowest BCUT2D eigenvalue weighted by Crippen LogP contribution is -2.39. The monoisotopic (exact) mass is 335 g/mol. The second-order valence-corrected chi connectivity index (χ2v) is 7.72. The fourth-order valence-corrected chi connectivity index (χ4v) is 1.96. The molecule has 1 amide bonds. The normalized spacial score (nSPS) is 13.7. The first-order valence-corrected chi connectivity index (χ1v) is 8.76. The number of alkyl carbamates (subject to hydrolysis) is 1. The van der Waals surface area contributed by atoms with Gasteiger partial charge in [-0.15, -0.1) is 0 Å². The molecule has 0 fully saturated rings. The van der Waals surface area contributed by atoms with Crippen LogP contribution < -0.4 is 5.32 Å². The summed E-state index contributed by atoms with van der Waals surface area (Å²) in [7, 11) is -3.36. The van der Waals surface area contributed by atoms with Gasteiger partial charge in [0.15, 0.2) is 9.84 Å². The van der Waals surface area contributed by atoms with Crippen LogP contribution in [0.3, 0.4) is 0 Å². The van der Waals surface area contributed by atoms with Gasteiger partial charge in [0.05, 0.1) is 24.8 Å². The summed E-state index contributed by atoms with van der Waals surface area (Å²) in [6, 6.07) is -0.824. The zero-order valence-corrected chi connectivity index (χ0v) is 14.5. The molecule has 0 aromatic carbocycles. The number of ether oxygens (including phenoxy) is 2. The van der Waals surface area contributed by atoms with Crippen molar-refractivity contribution in [2.45, 2.75) is 52.7 Å². The van der Waals surface area contributed by atoms with Gasteiger partial charge < -0.3 is 14.8 Å². The average Bonchev–Trinajstić information content (AvgIpc) is 2.34. The average molecular weight is 335 g/mol. The highest BCUT2D eigenvalue weighted by Gasteiger charge is 2.20. The zero-order chi connectivity index (χ0) is 17.4. The lowest BCUT2D eigenvalue weighted by atomic mass is 10.2. The number of sulfone groups is 1. The molecule has 0 rings (SSSR count). The molecule has 0 aromatic heterocycles. The summed E-state index contributed by atoms with van der Waals surface area (Å²) in [5, 5.41) is 3.43. The summed E-state index contributed by atoms with van der Waals surface area (Å²) in [5.74, 6) is -0.607. The topological polar surface area (TPSA) is 98.8 Å². The molecule has 128 valence electrons. The van der Waals surface area contributed by atoms with Crippen molar-refractivity contribution in [3.63, 3.8) is 0 Å². The molecule has 1 N–H and O–H groups in total. The van der Waals surface area contributed by atoms with Crippen LogP contribution in [0.2, 0.25) is 0 Å². The molecule has 0 radical (unpaired) electrons. The second kappa shape index (κ2) is 8.77. The van der Waals surface area contributed by atoms with Crippen molar-refractivity contribution in [1.29, 1.82) is 0 Å². The maximum atomic E-state index is 11.7. The van der Waals surface area contributed by atoms with E-state index in [1.807, 2.05) is 0 Å². The molecule has 0 aliphatic rings. The highest BCUT2D eigenvalue weighted by Crippen LogP contribution is 2.08. The predicted molar refractivity (Wildman–Crippen MR) is 83.0 cm³/mol. The van der Waals surface area contributed by atoms with Gasteiger partial charge in [0.25, 0.3) is 0 Å². The van der Waals surface area contributed by atoms with E-state index in [9.17, 15) is 18.0 Å². The fraction of sp³-hybridized carbons (Fsp3) is 0.714.